The number of alkyl halides is 3. The SMILES string of the molecule is O=C(CCc1cccc(C(F)(F)F)c1)c1ccccc1-c1ccccn1. The minimum Gasteiger partial charge on any atom is -0.294 e. The first-order valence-corrected chi connectivity index (χ1v) is 8.15. The van der Waals surface area contributed by atoms with Gasteiger partial charge < -0.3 is 0 Å². The largest absolute Gasteiger partial charge is 0.416 e. The molecule has 5 heteroatoms. The molecule has 1 heterocycles. The molecule has 3 aromatic rings. The minimum absolute atomic E-state index is 0.122. The van der Waals surface area contributed by atoms with E-state index in [1.165, 1.54) is 6.07 Å². The topological polar surface area (TPSA) is 30.0 Å². The molecule has 0 N–H and O–H groups in total. The van der Waals surface area contributed by atoms with E-state index in [4.69, 9.17) is 0 Å². The van der Waals surface area contributed by atoms with E-state index in [9.17, 15) is 18.0 Å². The van der Waals surface area contributed by atoms with E-state index in [2.05, 4.69) is 4.98 Å². The van der Waals surface area contributed by atoms with Crippen molar-refractivity contribution in [3.8, 4) is 11.3 Å². The monoisotopic (exact) mass is 355 g/mol. The van der Waals surface area contributed by atoms with Crippen LogP contribution in [0.25, 0.3) is 11.3 Å². The first-order chi connectivity index (χ1) is 12.4. The van der Waals surface area contributed by atoms with E-state index in [-0.39, 0.29) is 18.6 Å². The summed E-state index contributed by atoms with van der Waals surface area (Å²) < 4.78 is 38.4. The summed E-state index contributed by atoms with van der Waals surface area (Å²) in [6.45, 7) is 0. The molecular weight excluding hydrogens is 339 g/mol. The van der Waals surface area contributed by atoms with Crippen molar-refractivity contribution in [1.82, 2.24) is 4.98 Å². The first kappa shape index (κ1) is 17.9. The molecule has 0 radical (unpaired) electrons. The lowest BCUT2D eigenvalue weighted by molar-refractivity contribution is -0.137. The Labute approximate surface area is 149 Å². The third-order valence-electron chi connectivity index (χ3n) is 4.06. The van der Waals surface area contributed by atoms with Crippen LogP contribution >= 0.6 is 0 Å². The highest BCUT2D eigenvalue weighted by Gasteiger charge is 2.30. The molecule has 0 atom stereocenters. The van der Waals surface area contributed by atoms with Gasteiger partial charge in [-0.2, -0.15) is 13.2 Å². The molecule has 2 aromatic carbocycles. The van der Waals surface area contributed by atoms with Crippen molar-refractivity contribution in [1.29, 1.82) is 0 Å². The normalized spacial score (nSPS) is 11.3. The molecule has 132 valence electrons. The van der Waals surface area contributed by atoms with Gasteiger partial charge in [-0.1, -0.05) is 48.5 Å². The van der Waals surface area contributed by atoms with Crippen LogP contribution in [-0.4, -0.2) is 10.8 Å². The number of nitrogens with zero attached hydrogens (tertiary/aromatic N) is 1. The Bertz CT molecular complexity index is 904. The van der Waals surface area contributed by atoms with Gasteiger partial charge in [0.1, 0.15) is 0 Å². The van der Waals surface area contributed by atoms with Crippen molar-refractivity contribution in [3.63, 3.8) is 0 Å². The Morgan fingerprint density at radius 1 is 0.923 bits per heavy atom. The van der Waals surface area contributed by atoms with Gasteiger partial charge in [0.05, 0.1) is 11.3 Å². The van der Waals surface area contributed by atoms with Crippen LogP contribution < -0.4 is 0 Å². The number of halogens is 3. The Hall–Kier alpha value is -2.95. The molecular formula is C21H16F3NO. The van der Waals surface area contributed by atoms with E-state index in [0.717, 1.165) is 17.7 Å². The van der Waals surface area contributed by atoms with E-state index in [1.807, 2.05) is 24.3 Å². The summed E-state index contributed by atoms with van der Waals surface area (Å²) in [5.74, 6) is -0.122. The van der Waals surface area contributed by atoms with Crippen LogP contribution in [-0.2, 0) is 12.6 Å². The van der Waals surface area contributed by atoms with Crippen LogP contribution in [0.3, 0.4) is 0 Å². The maximum absolute atomic E-state index is 12.8. The maximum atomic E-state index is 12.8. The summed E-state index contributed by atoms with van der Waals surface area (Å²) in [7, 11) is 0. The van der Waals surface area contributed by atoms with Gasteiger partial charge in [0, 0.05) is 23.7 Å². The summed E-state index contributed by atoms with van der Waals surface area (Å²) >= 11 is 0. The maximum Gasteiger partial charge on any atom is 0.416 e. The number of benzene rings is 2. The number of ketones is 1. The predicted octanol–water partition coefficient (Wildman–Crippen LogP) is 5.58. The van der Waals surface area contributed by atoms with Crippen molar-refractivity contribution >= 4 is 5.78 Å². The number of hydrogen-bond donors (Lipinski definition) is 0. The van der Waals surface area contributed by atoms with Gasteiger partial charge in [-0.15, -0.1) is 0 Å². The molecule has 2 nitrogen and oxygen atoms in total. The number of Topliss-reactive ketones (excluding diaryl/α,β-unsaturated/α-hetero) is 1. The van der Waals surface area contributed by atoms with E-state index >= 15 is 0 Å². The quantitative estimate of drug-likeness (QED) is 0.559. The standard InChI is InChI=1S/C21H16F3NO/c22-21(23,24)16-7-5-6-15(14-16)11-12-20(26)18-9-2-1-8-17(18)19-10-3-4-13-25-19/h1-10,13-14H,11-12H2. The molecule has 26 heavy (non-hydrogen) atoms. The van der Waals surface area contributed by atoms with Gasteiger partial charge in [0.25, 0.3) is 0 Å². The predicted molar refractivity (Wildman–Crippen MR) is 93.8 cm³/mol. The van der Waals surface area contributed by atoms with Crippen molar-refractivity contribution in [2.45, 2.75) is 19.0 Å². The lowest BCUT2D eigenvalue weighted by Crippen LogP contribution is -2.07. The van der Waals surface area contributed by atoms with Crippen molar-refractivity contribution < 1.29 is 18.0 Å². The van der Waals surface area contributed by atoms with Gasteiger partial charge in [0.15, 0.2) is 5.78 Å². The van der Waals surface area contributed by atoms with E-state index in [0.29, 0.717) is 16.8 Å². The third kappa shape index (κ3) is 4.17. The Kier molecular flexibility index (Phi) is 5.16. The lowest BCUT2D eigenvalue weighted by Gasteiger charge is -2.10. The second kappa shape index (κ2) is 7.52. The Balaban J connectivity index is 1.78. The number of carbonyl (C=O) groups is 1. The number of rotatable bonds is 5. The van der Waals surface area contributed by atoms with Gasteiger partial charge in [-0.25, -0.2) is 0 Å². The van der Waals surface area contributed by atoms with E-state index < -0.39 is 11.7 Å². The van der Waals surface area contributed by atoms with Crippen molar-refractivity contribution in [2.24, 2.45) is 0 Å². The highest BCUT2D eigenvalue weighted by Crippen LogP contribution is 2.30. The van der Waals surface area contributed by atoms with Crippen molar-refractivity contribution in [3.05, 3.63) is 89.6 Å². The number of aryl methyl sites for hydroxylation is 1. The lowest BCUT2D eigenvalue weighted by atomic mass is 9.96. The zero-order valence-electron chi connectivity index (χ0n) is 13.8. The summed E-state index contributed by atoms with van der Waals surface area (Å²) in [6, 6.07) is 17.7. The molecule has 3 rings (SSSR count). The Morgan fingerprint density at radius 3 is 2.42 bits per heavy atom. The van der Waals surface area contributed by atoms with E-state index in [1.54, 1.807) is 30.5 Å². The molecule has 0 saturated carbocycles. The second-order valence-corrected chi connectivity index (χ2v) is 5.88. The highest BCUT2D eigenvalue weighted by molar-refractivity contribution is 6.02. The van der Waals surface area contributed by atoms with Crippen LogP contribution in [0.4, 0.5) is 13.2 Å². The molecule has 0 saturated heterocycles. The fourth-order valence-corrected chi connectivity index (χ4v) is 2.77. The second-order valence-electron chi connectivity index (χ2n) is 5.88. The molecule has 0 amide bonds. The summed E-state index contributed by atoms with van der Waals surface area (Å²) in [5.41, 5.74) is 1.73. The molecule has 0 spiro atoms. The number of aromatic nitrogens is 1. The first-order valence-electron chi connectivity index (χ1n) is 8.15. The van der Waals surface area contributed by atoms with Gasteiger partial charge >= 0.3 is 6.18 Å². The molecule has 0 unspecified atom stereocenters. The molecule has 0 fully saturated rings. The smallest absolute Gasteiger partial charge is 0.294 e. The molecule has 1 aromatic heterocycles. The highest BCUT2D eigenvalue weighted by atomic mass is 19.4. The van der Waals surface area contributed by atoms with Crippen LogP contribution in [0, 0.1) is 0 Å². The van der Waals surface area contributed by atoms with Gasteiger partial charge in [0.2, 0.25) is 0 Å². The fourth-order valence-electron chi connectivity index (χ4n) is 2.77. The number of pyridine rings is 1. The summed E-state index contributed by atoms with van der Waals surface area (Å²) in [6.07, 6.45) is -2.35. The van der Waals surface area contributed by atoms with Crippen LogP contribution in [0.5, 0.6) is 0 Å². The average Bonchev–Trinajstić information content (AvgIpc) is 2.66. The average molecular weight is 355 g/mol. The fraction of sp³-hybridized carbons (Fsp3) is 0.143. The Morgan fingerprint density at radius 2 is 1.69 bits per heavy atom. The van der Waals surface area contributed by atoms with Crippen LogP contribution in [0.2, 0.25) is 0 Å². The van der Waals surface area contributed by atoms with Gasteiger partial charge in [-0.05, 0) is 30.2 Å². The van der Waals surface area contributed by atoms with Crippen LogP contribution in [0.15, 0.2) is 72.9 Å². The minimum atomic E-state index is -4.38. The van der Waals surface area contributed by atoms with Crippen molar-refractivity contribution in [2.75, 3.05) is 0 Å². The summed E-state index contributed by atoms with van der Waals surface area (Å²) in [5, 5.41) is 0. The van der Waals surface area contributed by atoms with Gasteiger partial charge in [-0.3, -0.25) is 9.78 Å². The molecule has 0 bridgehead atoms. The number of carbonyl (C=O) groups excluding carboxylic acids is 1. The molecule has 0 aliphatic carbocycles. The summed E-state index contributed by atoms with van der Waals surface area (Å²) in [4.78, 5) is 16.9. The third-order valence-corrected chi connectivity index (χ3v) is 4.06. The zero-order valence-corrected chi connectivity index (χ0v) is 13.8. The molecule has 0 aliphatic heterocycles. The number of hydrogen-bond acceptors (Lipinski definition) is 2. The zero-order chi connectivity index (χ0) is 18.6. The molecule has 0 aliphatic rings. The van der Waals surface area contributed by atoms with Crippen LogP contribution in [0.1, 0.15) is 27.9 Å².